The van der Waals surface area contributed by atoms with E-state index in [1.165, 1.54) is 17.0 Å². The molecule has 5 rings (SSSR count). The van der Waals surface area contributed by atoms with E-state index in [4.69, 9.17) is 11.6 Å². The number of carbonyl (C=O) groups is 2. The molecule has 4 aliphatic heterocycles. The Labute approximate surface area is 150 Å². The zero-order chi connectivity index (χ0) is 17.6. The standard InChI is InChI=1S/C17H20ClFN4O2/c18-13-4-3-11(7-14(13)19)22-6-5-15(16(22)24)21-17(25)23-9-10-1-2-12(23)8-20-10/h3-4,7,10,12,15,20H,1-2,5-6,8-9H2,(H,21,25). The Bertz CT molecular complexity index is 708. The van der Waals surface area contributed by atoms with Gasteiger partial charge < -0.3 is 20.4 Å². The van der Waals surface area contributed by atoms with Gasteiger partial charge in [0.25, 0.3) is 0 Å². The molecule has 3 amide bonds. The van der Waals surface area contributed by atoms with Crippen molar-refractivity contribution in [2.24, 2.45) is 0 Å². The largest absolute Gasteiger partial charge is 0.326 e. The van der Waals surface area contributed by atoms with Gasteiger partial charge in [0.1, 0.15) is 11.9 Å². The maximum absolute atomic E-state index is 13.6. The predicted molar refractivity (Wildman–Crippen MR) is 92.2 cm³/mol. The number of anilines is 1. The number of hydrogen-bond donors (Lipinski definition) is 2. The molecule has 8 heteroatoms. The fourth-order valence-electron chi connectivity index (χ4n) is 3.91. The highest BCUT2D eigenvalue weighted by atomic mass is 35.5. The zero-order valence-corrected chi connectivity index (χ0v) is 14.4. The highest BCUT2D eigenvalue weighted by Gasteiger charge is 2.39. The van der Waals surface area contributed by atoms with E-state index >= 15 is 0 Å². The first-order chi connectivity index (χ1) is 12.0. The molecule has 0 saturated carbocycles. The van der Waals surface area contributed by atoms with Gasteiger partial charge in [0.15, 0.2) is 0 Å². The average molecular weight is 367 g/mol. The first kappa shape index (κ1) is 16.6. The lowest BCUT2D eigenvalue weighted by molar-refractivity contribution is -0.118. The minimum Gasteiger partial charge on any atom is -0.326 e. The second-order valence-corrected chi connectivity index (χ2v) is 7.27. The van der Waals surface area contributed by atoms with Crippen LogP contribution >= 0.6 is 11.6 Å². The molecule has 2 N–H and O–H groups in total. The Morgan fingerprint density at radius 2 is 2.16 bits per heavy atom. The van der Waals surface area contributed by atoms with Crippen LogP contribution in [0.3, 0.4) is 0 Å². The van der Waals surface area contributed by atoms with E-state index in [0.29, 0.717) is 31.2 Å². The number of fused-ring (bicyclic) bond motifs is 3. The van der Waals surface area contributed by atoms with Crippen molar-refractivity contribution in [3.63, 3.8) is 0 Å². The fourth-order valence-corrected chi connectivity index (χ4v) is 4.03. The second-order valence-electron chi connectivity index (χ2n) is 6.87. The molecule has 1 aromatic carbocycles. The van der Waals surface area contributed by atoms with Gasteiger partial charge in [0.2, 0.25) is 5.91 Å². The van der Waals surface area contributed by atoms with E-state index in [2.05, 4.69) is 10.6 Å². The Hall–Kier alpha value is -1.86. The smallest absolute Gasteiger partial charge is 0.318 e. The van der Waals surface area contributed by atoms with Gasteiger partial charge in [-0.15, -0.1) is 0 Å². The summed E-state index contributed by atoms with van der Waals surface area (Å²) >= 11 is 5.69. The van der Waals surface area contributed by atoms with Gasteiger partial charge in [-0.1, -0.05) is 11.6 Å². The molecule has 0 aliphatic carbocycles. The summed E-state index contributed by atoms with van der Waals surface area (Å²) in [7, 11) is 0. The number of amides is 3. The number of nitrogens with one attached hydrogen (secondary N) is 2. The summed E-state index contributed by atoms with van der Waals surface area (Å²) < 4.78 is 13.6. The van der Waals surface area contributed by atoms with Crippen LogP contribution < -0.4 is 15.5 Å². The molecule has 4 heterocycles. The fraction of sp³-hybridized carbons (Fsp3) is 0.529. The van der Waals surface area contributed by atoms with Gasteiger partial charge in [-0.05, 0) is 37.5 Å². The number of hydrogen-bond acceptors (Lipinski definition) is 3. The highest BCUT2D eigenvalue weighted by molar-refractivity contribution is 6.30. The van der Waals surface area contributed by atoms with Crippen molar-refractivity contribution in [1.29, 1.82) is 0 Å². The molecule has 6 nitrogen and oxygen atoms in total. The number of urea groups is 1. The third-order valence-electron chi connectivity index (χ3n) is 5.33. The minimum atomic E-state index is -0.570. The molecular formula is C17H20ClFN4O2. The number of piperidine rings is 2. The molecular weight excluding hydrogens is 347 g/mol. The van der Waals surface area contributed by atoms with Crippen molar-refractivity contribution < 1.29 is 14.0 Å². The number of piperazine rings is 1. The number of carbonyl (C=O) groups excluding carboxylic acids is 2. The lowest BCUT2D eigenvalue weighted by atomic mass is 9.93. The van der Waals surface area contributed by atoms with Crippen molar-refractivity contribution >= 4 is 29.2 Å². The monoisotopic (exact) mass is 366 g/mol. The summed E-state index contributed by atoms with van der Waals surface area (Å²) in [6.07, 6.45) is 2.60. The predicted octanol–water partition coefficient (Wildman–Crippen LogP) is 1.73. The van der Waals surface area contributed by atoms with E-state index in [0.717, 1.165) is 19.4 Å². The number of nitrogens with zero attached hydrogens (tertiary/aromatic N) is 2. The zero-order valence-electron chi connectivity index (χ0n) is 13.7. The quantitative estimate of drug-likeness (QED) is 0.837. The van der Waals surface area contributed by atoms with Crippen LogP contribution in [0, 0.1) is 5.82 Å². The van der Waals surface area contributed by atoms with Crippen molar-refractivity contribution in [2.45, 2.75) is 37.4 Å². The Morgan fingerprint density at radius 3 is 2.80 bits per heavy atom. The molecule has 0 spiro atoms. The molecule has 3 atom stereocenters. The Balaban J connectivity index is 1.41. The van der Waals surface area contributed by atoms with E-state index in [1.807, 2.05) is 4.90 Å². The molecule has 4 aliphatic rings. The van der Waals surface area contributed by atoms with Crippen molar-refractivity contribution in [2.75, 3.05) is 24.5 Å². The molecule has 4 saturated heterocycles. The second kappa shape index (κ2) is 6.46. The Kier molecular flexibility index (Phi) is 4.29. The maximum atomic E-state index is 13.6. The van der Waals surface area contributed by atoms with Gasteiger partial charge in [-0.25, -0.2) is 9.18 Å². The van der Waals surface area contributed by atoms with E-state index < -0.39 is 11.9 Å². The van der Waals surface area contributed by atoms with Crippen LogP contribution in [0.15, 0.2) is 18.2 Å². The van der Waals surface area contributed by atoms with Gasteiger partial charge >= 0.3 is 6.03 Å². The molecule has 2 bridgehead atoms. The number of benzene rings is 1. The van der Waals surface area contributed by atoms with Gasteiger partial charge in [0, 0.05) is 37.4 Å². The van der Waals surface area contributed by atoms with E-state index in [9.17, 15) is 14.0 Å². The number of rotatable bonds is 2. The van der Waals surface area contributed by atoms with Gasteiger partial charge in [-0.3, -0.25) is 4.79 Å². The SMILES string of the molecule is O=C1C(NC(=O)N2CC3CCC2CN3)CCN1c1ccc(Cl)c(F)c1. The van der Waals surface area contributed by atoms with Crippen molar-refractivity contribution in [3.05, 3.63) is 29.0 Å². The van der Waals surface area contributed by atoms with Crippen LogP contribution in [-0.4, -0.2) is 54.6 Å². The van der Waals surface area contributed by atoms with Crippen LogP contribution in [0.1, 0.15) is 19.3 Å². The third kappa shape index (κ3) is 3.06. The normalized spacial score (nSPS) is 28.6. The van der Waals surface area contributed by atoms with Gasteiger partial charge in [-0.2, -0.15) is 0 Å². The summed E-state index contributed by atoms with van der Waals surface area (Å²) in [6.45, 7) is 1.94. The summed E-state index contributed by atoms with van der Waals surface area (Å²) in [4.78, 5) is 28.5. The van der Waals surface area contributed by atoms with Crippen molar-refractivity contribution in [1.82, 2.24) is 15.5 Å². The number of halogens is 2. The summed E-state index contributed by atoms with van der Waals surface area (Å²) in [6, 6.07) is 4.09. The molecule has 3 unspecified atom stereocenters. The first-order valence-electron chi connectivity index (χ1n) is 8.60. The van der Waals surface area contributed by atoms with Crippen LogP contribution in [0.5, 0.6) is 0 Å². The maximum Gasteiger partial charge on any atom is 0.318 e. The molecule has 134 valence electrons. The summed E-state index contributed by atoms with van der Waals surface area (Å²) in [5, 5.41) is 6.28. The minimum absolute atomic E-state index is 0.0222. The Morgan fingerprint density at radius 1 is 1.32 bits per heavy atom. The lowest BCUT2D eigenvalue weighted by Crippen LogP contribution is -2.65. The first-order valence-corrected chi connectivity index (χ1v) is 8.97. The van der Waals surface area contributed by atoms with E-state index in [1.54, 1.807) is 6.07 Å². The van der Waals surface area contributed by atoms with Crippen molar-refractivity contribution in [3.8, 4) is 0 Å². The molecule has 0 aromatic heterocycles. The van der Waals surface area contributed by atoms with Gasteiger partial charge in [0.05, 0.1) is 5.02 Å². The van der Waals surface area contributed by atoms with E-state index in [-0.39, 0.29) is 23.0 Å². The van der Waals surface area contributed by atoms with Crippen LogP contribution in [0.2, 0.25) is 5.02 Å². The topological polar surface area (TPSA) is 64.7 Å². The van der Waals surface area contributed by atoms with Crippen LogP contribution in [-0.2, 0) is 4.79 Å². The molecule has 25 heavy (non-hydrogen) atoms. The third-order valence-corrected chi connectivity index (χ3v) is 5.63. The van der Waals surface area contributed by atoms with Crippen LogP contribution in [0.25, 0.3) is 0 Å². The summed E-state index contributed by atoms with van der Waals surface area (Å²) in [5.74, 6) is -0.772. The highest BCUT2D eigenvalue weighted by Crippen LogP contribution is 2.27. The lowest BCUT2D eigenvalue weighted by Gasteiger charge is -2.45. The summed E-state index contributed by atoms with van der Waals surface area (Å²) in [5.41, 5.74) is 0.463. The van der Waals surface area contributed by atoms with Crippen LogP contribution in [0.4, 0.5) is 14.9 Å². The average Bonchev–Trinajstić information content (AvgIpc) is 2.99. The molecule has 0 radical (unpaired) electrons. The molecule has 1 aromatic rings. The molecule has 4 fully saturated rings.